The monoisotopic (exact) mass is 220 g/mol. The van der Waals surface area contributed by atoms with E-state index in [0.717, 1.165) is 24.2 Å². The summed E-state index contributed by atoms with van der Waals surface area (Å²) in [5, 5.41) is 0.736. The van der Waals surface area contributed by atoms with Crippen molar-refractivity contribution in [1.29, 1.82) is 0 Å². The number of rotatable bonds is 4. The van der Waals surface area contributed by atoms with Gasteiger partial charge >= 0.3 is 0 Å². The molecule has 78 valence electrons. The van der Waals surface area contributed by atoms with Gasteiger partial charge in [-0.1, -0.05) is 13.8 Å². The smallest absolute Gasteiger partial charge is 0.0471 e. The molecule has 0 unspecified atom stereocenters. The topological polar surface area (TPSA) is 9.23 Å². The molecule has 0 spiro atoms. The molecule has 1 aliphatic heterocycles. The maximum atomic E-state index is 5.39. The third-order valence-electron chi connectivity index (χ3n) is 2.61. The van der Waals surface area contributed by atoms with Gasteiger partial charge in [0.05, 0.1) is 0 Å². The van der Waals surface area contributed by atoms with E-state index in [1.54, 1.807) is 0 Å². The van der Waals surface area contributed by atoms with Gasteiger partial charge in [-0.15, -0.1) is 0 Å². The Bertz CT molecular complexity index is 142. The maximum Gasteiger partial charge on any atom is 0.0471 e. The first-order valence-electron chi connectivity index (χ1n) is 4.99. The Morgan fingerprint density at radius 1 is 1.38 bits per heavy atom. The largest absolute Gasteiger partial charge is 0.381 e. The van der Waals surface area contributed by atoms with Crippen LogP contribution >= 0.6 is 24.4 Å². The lowest BCUT2D eigenvalue weighted by atomic mass is 9.84. The fraction of sp³-hybridized carbons (Fsp3) is 1.00. The van der Waals surface area contributed by atoms with Crippen LogP contribution in [0.4, 0.5) is 0 Å². The Kier molecular flexibility index (Phi) is 4.98. The summed E-state index contributed by atoms with van der Waals surface area (Å²) < 4.78 is 5.39. The van der Waals surface area contributed by atoms with Crippen molar-refractivity contribution in [1.82, 2.24) is 0 Å². The molecule has 0 aliphatic carbocycles. The van der Waals surface area contributed by atoms with Gasteiger partial charge in [0.25, 0.3) is 0 Å². The average molecular weight is 220 g/mol. The van der Waals surface area contributed by atoms with Gasteiger partial charge in [-0.2, -0.15) is 24.4 Å². The van der Waals surface area contributed by atoms with E-state index >= 15 is 0 Å². The van der Waals surface area contributed by atoms with Crippen LogP contribution in [0, 0.1) is 5.41 Å². The summed E-state index contributed by atoms with van der Waals surface area (Å²) in [5.74, 6) is 2.26. The van der Waals surface area contributed by atoms with Crippen molar-refractivity contribution < 1.29 is 4.74 Å². The van der Waals surface area contributed by atoms with E-state index in [-0.39, 0.29) is 0 Å². The van der Waals surface area contributed by atoms with E-state index in [0.29, 0.717) is 5.41 Å². The molecule has 0 saturated carbocycles. The predicted octanol–water partition coefficient (Wildman–Crippen LogP) is 2.85. The van der Waals surface area contributed by atoms with Crippen molar-refractivity contribution in [3.8, 4) is 0 Å². The first-order chi connectivity index (χ1) is 6.18. The normalized spacial score (nSPS) is 22.2. The molecule has 1 heterocycles. The van der Waals surface area contributed by atoms with Crippen LogP contribution in [0.5, 0.6) is 0 Å². The van der Waals surface area contributed by atoms with Gasteiger partial charge < -0.3 is 4.74 Å². The highest BCUT2D eigenvalue weighted by Crippen LogP contribution is 2.36. The highest BCUT2D eigenvalue weighted by Gasteiger charge is 2.31. The zero-order valence-electron chi connectivity index (χ0n) is 8.58. The summed E-state index contributed by atoms with van der Waals surface area (Å²) in [6.45, 7) is 6.38. The number of ether oxygens (including phenoxy) is 1. The lowest BCUT2D eigenvalue weighted by molar-refractivity contribution is 0.0370. The van der Waals surface area contributed by atoms with Gasteiger partial charge in [0, 0.05) is 19.0 Å². The molecule has 0 bridgehead atoms. The van der Waals surface area contributed by atoms with Crippen LogP contribution in [0.2, 0.25) is 0 Å². The maximum absolute atomic E-state index is 5.39. The second-order valence-electron chi connectivity index (χ2n) is 4.13. The van der Waals surface area contributed by atoms with Crippen molar-refractivity contribution >= 4 is 24.4 Å². The van der Waals surface area contributed by atoms with Crippen LogP contribution in [-0.4, -0.2) is 30.0 Å². The average Bonchev–Trinajstić information content (AvgIpc) is 2.16. The van der Waals surface area contributed by atoms with E-state index in [1.807, 2.05) is 0 Å². The zero-order valence-corrected chi connectivity index (χ0v) is 10.3. The van der Waals surface area contributed by atoms with Gasteiger partial charge in [-0.25, -0.2) is 0 Å². The Balaban J connectivity index is 2.38. The fourth-order valence-electron chi connectivity index (χ4n) is 1.50. The van der Waals surface area contributed by atoms with Gasteiger partial charge in [-0.3, -0.25) is 0 Å². The molecule has 0 radical (unpaired) electrons. The molecule has 1 fully saturated rings. The van der Waals surface area contributed by atoms with Crippen LogP contribution in [-0.2, 0) is 4.74 Å². The molecule has 1 saturated heterocycles. The Labute approximate surface area is 91.4 Å². The Morgan fingerprint density at radius 3 is 2.46 bits per heavy atom. The second kappa shape index (κ2) is 5.52. The van der Waals surface area contributed by atoms with Crippen LogP contribution in [0.25, 0.3) is 0 Å². The molecule has 0 aromatic carbocycles. The highest BCUT2D eigenvalue weighted by molar-refractivity contribution is 7.99. The molecular weight excluding hydrogens is 200 g/mol. The minimum atomic E-state index is 0.455. The minimum Gasteiger partial charge on any atom is -0.381 e. The third kappa shape index (κ3) is 3.72. The van der Waals surface area contributed by atoms with Gasteiger partial charge in [0.1, 0.15) is 0 Å². The molecule has 1 aliphatic rings. The number of thioether (sulfide) groups is 1. The lowest BCUT2D eigenvalue weighted by Gasteiger charge is -2.36. The first kappa shape index (κ1) is 11.7. The number of thiol groups is 1. The summed E-state index contributed by atoms with van der Waals surface area (Å²) in [6, 6.07) is 0. The van der Waals surface area contributed by atoms with Crippen molar-refractivity contribution in [2.24, 2.45) is 5.41 Å². The SMILES string of the molecule is CC(C)SCC1(CS)CCOCC1. The summed E-state index contributed by atoms with van der Waals surface area (Å²) in [7, 11) is 0. The van der Waals surface area contributed by atoms with Crippen LogP contribution in [0.15, 0.2) is 0 Å². The van der Waals surface area contributed by atoms with E-state index in [2.05, 4.69) is 38.2 Å². The molecule has 0 aromatic heterocycles. The molecule has 0 atom stereocenters. The van der Waals surface area contributed by atoms with Gasteiger partial charge in [0.15, 0.2) is 0 Å². The van der Waals surface area contributed by atoms with Crippen molar-refractivity contribution in [2.45, 2.75) is 31.9 Å². The molecule has 0 aromatic rings. The standard InChI is InChI=1S/C10H20OS2/c1-9(2)13-8-10(7-12)3-5-11-6-4-10/h9,12H,3-8H2,1-2H3. The number of hydrogen-bond acceptors (Lipinski definition) is 3. The van der Waals surface area contributed by atoms with Gasteiger partial charge in [-0.05, 0) is 29.3 Å². The highest BCUT2D eigenvalue weighted by atomic mass is 32.2. The summed E-state index contributed by atoms with van der Waals surface area (Å²) >= 11 is 6.54. The Morgan fingerprint density at radius 2 is 2.00 bits per heavy atom. The quantitative estimate of drug-likeness (QED) is 0.730. The molecule has 0 amide bonds. The Hall–Kier alpha value is 0.660. The van der Waals surface area contributed by atoms with Crippen molar-refractivity contribution in [3.63, 3.8) is 0 Å². The van der Waals surface area contributed by atoms with Crippen LogP contribution in [0.3, 0.4) is 0 Å². The predicted molar refractivity (Wildman–Crippen MR) is 63.9 cm³/mol. The van der Waals surface area contributed by atoms with E-state index in [1.165, 1.54) is 18.6 Å². The summed E-state index contributed by atoms with van der Waals surface area (Å²) in [5.41, 5.74) is 0.455. The molecular formula is C10H20OS2. The minimum absolute atomic E-state index is 0.455. The summed E-state index contributed by atoms with van der Waals surface area (Å²) in [6.07, 6.45) is 2.38. The first-order valence-corrected chi connectivity index (χ1v) is 6.67. The number of hydrogen-bond donors (Lipinski definition) is 1. The van der Waals surface area contributed by atoms with Crippen LogP contribution < -0.4 is 0 Å². The zero-order chi connectivity index (χ0) is 9.73. The lowest BCUT2D eigenvalue weighted by Crippen LogP contribution is -2.34. The van der Waals surface area contributed by atoms with E-state index in [9.17, 15) is 0 Å². The van der Waals surface area contributed by atoms with Crippen molar-refractivity contribution in [3.05, 3.63) is 0 Å². The van der Waals surface area contributed by atoms with E-state index in [4.69, 9.17) is 4.74 Å². The molecule has 3 heteroatoms. The third-order valence-corrected chi connectivity index (χ3v) is 4.73. The van der Waals surface area contributed by atoms with Gasteiger partial charge in [0.2, 0.25) is 0 Å². The van der Waals surface area contributed by atoms with Crippen molar-refractivity contribution in [2.75, 3.05) is 24.7 Å². The molecule has 13 heavy (non-hydrogen) atoms. The second-order valence-corrected chi connectivity index (χ2v) is 6.01. The molecule has 1 nitrogen and oxygen atoms in total. The molecule has 1 rings (SSSR count). The van der Waals surface area contributed by atoms with E-state index < -0.39 is 0 Å². The summed E-state index contributed by atoms with van der Waals surface area (Å²) in [4.78, 5) is 0. The van der Waals surface area contributed by atoms with Crippen LogP contribution in [0.1, 0.15) is 26.7 Å². The fourth-order valence-corrected chi connectivity index (χ4v) is 3.15. The molecule has 0 N–H and O–H groups in total.